The minimum absolute atomic E-state index is 0.0454. The Labute approximate surface area is 136 Å². The summed E-state index contributed by atoms with van der Waals surface area (Å²) in [7, 11) is 3.12. The lowest BCUT2D eigenvalue weighted by molar-refractivity contribution is 0.415. The smallest absolute Gasteiger partial charge is 0.269 e. The third-order valence-corrected chi connectivity index (χ3v) is 4.40. The molecular weight excluding hydrogens is 314 g/mol. The van der Waals surface area contributed by atoms with E-state index in [1.165, 1.54) is 9.13 Å². The zero-order valence-electron chi connectivity index (χ0n) is 12.9. The molecule has 0 spiro atoms. The molecule has 3 rings (SSSR count). The number of hydrogen-bond acceptors (Lipinski definition) is 5. The summed E-state index contributed by atoms with van der Waals surface area (Å²) < 4.78 is 8.62. The summed E-state index contributed by atoms with van der Waals surface area (Å²) in [5, 5.41) is 18.4. The number of nitrogens with zero attached hydrogens (tertiary/aromatic N) is 2. The van der Waals surface area contributed by atoms with Gasteiger partial charge in [0, 0.05) is 25.7 Å². The zero-order chi connectivity index (χ0) is 16.9. The van der Waals surface area contributed by atoms with E-state index in [4.69, 9.17) is 22.0 Å². The van der Waals surface area contributed by atoms with Crippen LogP contribution in [0.25, 0.3) is 22.6 Å². The van der Waals surface area contributed by atoms with Crippen molar-refractivity contribution in [3.05, 3.63) is 50.3 Å². The molecule has 0 amide bonds. The Morgan fingerprint density at radius 1 is 1.17 bits per heavy atom. The monoisotopic (exact) mass is 329 g/mol. The molecule has 6 nitrogen and oxygen atoms in total. The molecule has 0 aromatic carbocycles. The molecule has 118 valence electrons. The molecule has 0 saturated heterocycles. The zero-order valence-corrected chi connectivity index (χ0v) is 13.7. The number of hydrogen-bond donors (Lipinski definition) is 2. The lowest BCUT2D eigenvalue weighted by atomic mass is 10.0. The van der Waals surface area contributed by atoms with Crippen LogP contribution in [0.15, 0.2) is 33.5 Å². The van der Waals surface area contributed by atoms with Crippen LogP contribution in [0, 0.1) is 17.1 Å². The van der Waals surface area contributed by atoms with Gasteiger partial charge in [-0.2, -0.15) is 0 Å². The van der Waals surface area contributed by atoms with Crippen LogP contribution in [0.3, 0.4) is 0 Å². The molecule has 0 bridgehead atoms. The van der Waals surface area contributed by atoms with Gasteiger partial charge in [0.15, 0.2) is 4.77 Å². The SMILES string of the molecule is Cc1cc(-c2c(O)n(C)c(=S)n(C)c2=O)oc2cc(=N)ccc1-2. The van der Waals surface area contributed by atoms with Crippen molar-refractivity contribution in [1.82, 2.24) is 9.13 Å². The Hall–Kier alpha value is -2.67. The van der Waals surface area contributed by atoms with Crippen LogP contribution in [0.4, 0.5) is 0 Å². The van der Waals surface area contributed by atoms with E-state index in [0.29, 0.717) is 11.1 Å². The van der Waals surface area contributed by atoms with Crippen LogP contribution < -0.4 is 10.9 Å². The van der Waals surface area contributed by atoms with Gasteiger partial charge in [0.05, 0.1) is 5.36 Å². The van der Waals surface area contributed by atoms with Gasteiger partial charge >= 0.3 is 0 Å². The maximum atomic E-state index is 12.5. The second-order valence-corrected chi connectivity index (χ2v) is 5.77. The minimum Gasteiger partial charge on any atom is -0.494 e. The highest BCUT2D eigenvalue weighted by Crippen LogP contribution is 2.33. The van der Waals surface area contributed by atoms with Crippen molar-refractivity contribution in [3.63, 3.8) is 0 Å². The summed E-state index contributed by atoms with van der Waals surface area (Å²) in [5.41, 5.74) is 1.34. The van der Waals surface area contributed by atoms with Crippen molar-refractivity contribution >= 4 is 12.2 Å². The lowest BCUT2D eigenvalue weighted by Gasteiger charge is -2.14. The molecule has 0 saturated carbocycles. The maximum absolute atomic E-state index is 12.5. The minimum atomic E-state index is -0.435. The standard InChI is InChI=1S/C16H15N3O3S/c1-8-6-12(22-11-7-9(17)4-5-10(8)11)13-14(20)18(2)16(23)19(3)15(13)21/h4-7,17,20H,1-3H3. The normalized spacial score (nSPS) is 11.1. The molecule has 2 N–H and O–H groups in total. The third-order valence-electron chi connectivity index (χ3n) is 3.85. The van der Waals surface area contributed by atoms with Crippen molar-refractivity contribution in [1.29, 1.82) is 5.41 Å². The molecule has 23 heavy (non-hydrogen) atoms. The van der Waals surface area contributed by atoms with E-state index in [0.717, 1.165) is 11.1 Å². The van der Waals surface area contributed by atoms with Gasteiger partial charge in [-0.15, -0.1) is 0 Å². The summed E-state index contributed by atoms with van der Waals surface area (Å²) >= 11 is 5.11. The van der Waals surface area contributed by atoms with Gasteiger partial charge in [-0.05, 0) is 42.9 Å². The second kappa shape index (κ2) is 5.20. The van der Waals surface area contributed by atoms with Crippen molar-refractivity contribution in [2.24, 2.45) is 14.1 Å². The number of rotatable bonds is 1. The van der Waals surface area contributed by atoms with Gasteiger partial charge in [0.1, 0.15) is 17.1 Å². The van der Waals surface area contributed by atoms with Crippen molar-refractivity contribution < 1.29 is 9.52 Å². The summed E-state index contributed by atoms with van der Waals surface area (Å²) in [6.45, 7) is 1.88. The Morgan fingerprint density at radius 3 is 2.57 bits per heavy atom. The predicted molar refractivity (Wildman–Crippen MR) is 88.1 cm³/mol. The number of nitrogens with one attached hydrogen (secondary N) is 1. The van der Waals surface area contributed by atoms with Gasteiger partial charge in [0.2, 0.25) is 5.88 Å². The topological polar surface area (TPSA) is 84.2 Å². The average molecular weight is 329 g/mol. The highest BCUT2D eigenvalue weighted by Gasteiger charge is 2.20. The van der Waals surface area contributed by atoms with Gasteiger partial charge in [-0.25, -0.2) is 0 Å². The van der Waals surface area contributed by atoms with E-state index < -0.39 is 5.56 Å². The fraction of sp³-hybridized carbons (Fsp3) is 0.188. The Kier molecular flexibility index (Phi) is 3.45. The van der Waals surface area contributed by atoms with Crippen LogP contribution in [0.1, 0.15) is 5.56 Å². The Bertz CT molecular complexity index is 1080. The quantitative estimate of drug-likeness (QED) is 0.671. The van der Waals surface area contributed by atoms with Crippen LogP contribution >= 0.6 is 12.2 Å². The molecular formula is C16H15N3O3S. The fourth-order valence-electron chi connectivity index (χ4n) is 2.53. The van der Waals surface area contributed by atoms with E-state index in [2.05, 4.69) is 0 Å². The van der Waals surface area contributed by atoms with E-state index in [9.17, 15) is 9.90 Å². The van der Waals surface area contributed by atoms with Crippen molar-refractivity contribution in [2.45, 2.75) is 6.92 Å². The first kappa shape index (κ1) is 15.2. The molecule has 0 fully saturated rings. The van der Waals surface area contributed by atoms with Crippen molar-refractivity contribution in [3.8, 4) is 28.5 Å². The molecule has 1 aromatic rings. The number of fused-ring (bicyclic) bond motifs is 1. The maximum Gasteiger partial charge on any atom is 0.269 e. The predicted octanol–water partition coefficient (Wildman–Crippen LogP) is 2.31. The molecule has 1 aliphatic heterocycles. The van der Waals surface area contributed by atoms with Gasteiger partial charge in [0.25, 0.3) is 5.56 Å². The second-order valence-electron chi connectivity index (χ2n) is 5.41. The molecule has 1 aromatic heterocycles. The number of aromatic nitrogens is 2. The van der Waals surface area contributed by atoms with Crippen molar-refractivity contribution in [2.75, 3.05) is 0 Å². The van der Waals surface area contributed by atoms with Crippen LogP contribution in [0.5, 0.6) is 5.88 Å². The average Bonchev–Trinajstić information content (AvgIpc) is 2.51. The van der Waals surface area contributed by atoms with Crippen LogP contribution in [-0.2, 0) is 14.1 Å². The molecule has 1 aliphatic carbocycles. The molecule has 7 heteroatoms. The number of aryl methyl sites for hydroxylation is 1. The first-order chi connectivity index (χ1) is 10.8. The first-order valence-electron chi connectivity index (χ1n) is 6.89. The van der Waals surface area contributed by atoms with E-state index in [1.54, 1.807) is 38.4 Å². The van der Waals surface area contributed by atoms with E-state index in [1.807, 2.05) is 6.92 Å². The van der Waals surface area contributed by atoms with Gasteiger partial charge < -0.3 is 14.9 Å². The van der Waals surface area contributed by atoms with E-state index >= 15 is 0 Å². The molecule has 2 heterocycles. The van der Waals surface area contributed by atoms with Gasteiger partial charge in [-0.3, -0.25) is 13.9 Å². The highest BCUT2D eigenvalue weighted by atomic mass is 32.1. The summed E-state index contributed by atoms with van der Waals surface area (Å²) in [4.78, 5) is 12.5. The molecule has 0 radical (unpaired) electrons. The van der Waals surface area contributed by atoms with Crippen LogP contribution in [0.2, 0.25) is 0 Å². The Morgan fingerprint density at radius 2 is 1.87 bits per heavy atom. The summed E-state index contributed by atoms with van der Waals surface area (Å²) in [6, 6.07) is 6.75. The van der Waals surface area contributed by atoms with Gasteiger partial charge in [-0.1, -0.05) is 0 Å². The number of benzene rings is 1. The van der Waals surface area contributed by atoms with E-state index in [-0.39, 0.29) is 22.0 Å². The third kappa shape index (κ3) is 2.29. The molecule has 0 unspecified atom stereocenters. The number of aromatic hydroxyl groups is 1. The summed E-state index contributed by atoms with van der Waals surface area (Å²) in [6.07, 6.45) is 0. The van der Waals surface area contributed by atoms with Crippen LogP contribution in [-0.4, -0.2) is 14.2 Å². The lowest BCUT2D eigenvalue weighted by Crippen LogP contribution is -2.23. The molecule has 2 aliphatic rings. The Balaban J connectivity index is 2.44. The highest BCUT2D eigenvalue weighted by molar-refractivity contribution is 7.71. The molecule has 0 atom stereocenters. The summed E-state index contributed by atoms with van der Waals surface area (Å²) in [5.74, 6) is 0.478. The first-order valence-corrected chi connectivity index (χ1v) is 7.30. The fourth-order valence-corrected chi connectivity index (χ4v) is 2.70. The largest absolute Gasteiger partial charge is 0.494 e.